The highest BCUT2D eigenvalue weighted by molar-refractivity contribution is 7.30. The van der Waals surface area contributed by atoms with Crippen LogP contribution in [0.15, 0.2) is 0 Å². The second-order valence-corrected chi connectivity index (χ2v) is 1.80. The average molecular weight is 65.5 g/mol. The van der Waals surface area contributed by atoms with E-state index in [0.29, 0.717) is 0 Å². The van der Waals surface area contributed by atoms with Crippen molar-refractivity contribution in [2.24, 2.45) is 0 Å². The van der Waals surface area contributed by atoms with Crippen LogP contribution in [-0.2, 0) is 0 Å². The third kappa shape index (κ3) is 4.19. The molecule has 26 valence electrons. The Bertz CT molecular complexity index is 18.9. The average Bonchev–Trinajstić information content (AvgIpc) is 1.38. The fourth-order valence-corrected chi connectivity index (χ4v) is 0. The molecule has 0 aromatic rings. The van der Waals surface area contributed by atoms with Gasteiger partial charge in [-0.25, -0.2) is 0 Å². The maximum atomic E-state index is 2.22. The Morgan fingerprint density at radius 3 is 1.80 bits per heavy atom. The minimum absolute atomic E-state index is 0.884. The first-order valence-corrected chi connectivity index (χ1v) is 2.27. The number of hydrogen-bond donors (Lipinski definition) is 0. The van der Waals surface area contributed by atoms with Gasteiger partial charge in [-0.05, 0) is 0 Å². The number of rotatable bonds is 1. The molecule has 0 aliphatic heterocycles. The summed E-state index contributed by atoms with van der Waals surface area (Å²) in [4.78, 5) is 0. The van der Waals surface area contributed by atoms with E-state index < -0.39 is 0 Å². The molecule has 0 saturated heterocycles. The molecular formula is C2H9B3. The molecule has 0 aliphatic carbocycles. The van der Waals surface area contributed by atoms with E-state index in [1.165, 1.54) is 7.06 Å². The summed E-state index contributed by atoms with van der Waals surface area (Å²) in [5, 5.41) is 0. The summed E-state index contributed by atoms with van der Waals surface area (Å²) in [7, 11) is 3.50. The summed E-state index contributed by atoms with van der Waals surface area (Å²) in [6, 6.07) is 0. The van der Waals surface area contributed by atoms with E-state index in [-0.39, 0.29) is 0 Å². The van der Waals surface area contributed by atoms with Gasteiger partial charge in [0.1, 0.15) is 0 Å². The van der Waals surface area contributed by atoms with Crippen LogP contribution in [0.3, 0.4) is 0 Å². The molecule has 0 spiro atoms. The molecule has 0 amide bonds. The van der Waals surface area contributed by atoms with Crippen molar-refractivity contribution in [3.8, 4) is 0 Å². The molecule has 0 radical (unpaired) electrons. The lowest BCUT2D eigenvalue weighted by Crippen LogP contribution is -2.11. The van der Waals surface area contributed by atoms with Crippen LogP contribution >= 0.6 is 0 Å². The van der Waals surface area contributed by atoms with Gasteiger partial charge in [-0.1, -0.05) is 13.6 Å². The van der Waals surface area contributed by atoms with Crippen LogP contribution in [0.5, 0.6) is 0 Å². The van der Waals surface area contributed by atoms with E-state index in [4.69, 9.17) is 0 Å². The third-order valence-corrected chi connectivity index (χ3v) is 0.816. The Hall–Kier alpha value is 0.195. The molecule has 0 bridgehead atoms. The summed E-state index contributed by atoms with van der Waals surface area (Å²) >= 11 is 0. The highest BCUT2D eigenvalue weighted by atomic mass is 13.1. The first-order valence-electron chi connectivity index (χ1n) is 2.27. The van der Waals surface area contributed by atoms with Crippen molar-refractivity contribution >= 4 is 21.4 Å². The summed E-state index contributed by atoms with van der Waals surface area (Å²) in [5.41, 5.74) is 0. The molecule has 0 fully saturated rings. The molecule has 0 nitrogen and oxygen atoms in total. The Kier molecular flexibility index (Phi) is 2.53. The molecule has 0 aliphatic rings. The van der Waals surface area contributed by atoms with E-state index in [0.717, 1.165) is 6.60 Å². The van der Waals surface area contributed by atoms with Crippen LogP contribution in [-0.4, -0.2) is 21.4 Å². The van der Waals surface area contributed by atoms with Crippen molar-refractivity contribution in [3.63, 3.8) is 0 Å². The van der Waals surface area contributed by atoms with Gasteiger partial charge in [0.15, 0.2) is 0 Å². The van der Waals surface area contributed by atoms with Gasteiger partial charge in [0.05, 0.1) is 21.4 Å². The van der Waals surface area contributed by atoms with Gasteiger partial charge in [0.2, 0.25) is 0 Å². The highest BCUT2D eigenvalue weighted by Crippen LogP contribution is 1.66. The lowest BCUT2D eigenvalue weighted by Gasteiger charge is -1.82. The number of hydrogen-bond acceptors (Lipinski definition) is 0. The molecule has 0 heterocycles. The Balaban J connectivity index is 2.54. The van der Waals surface area contributed by atoms with E-state index in [2.05, 4.69) is 21.4 Å². The van der Waals surface area contributed by atoms with Gasteiger partial charge in [-0.3, -0.25) is 0 Å². The molecule has 0 saturated carbocycles. The van der Waals surface area contributed by atoms with E-state index >= 15 is 0 Å². The molecule has 3 heteroatoms. The molecule has 0 rings (SSSR count). The smallest absolute Gasteiger partial charge is 0.0892 e. The summed E-state index contributed by atoms with van der Waals surface area (Å²) in [5.74, 6) is 0. The van der Waals surface area contributed by atoms with E-state index in [9.17, 15) is 0 Å². The molecule has 0 unspecified atom stereocenters. The summed E-state index contributed by atoms with van der Waals surface area (Å²) in [6.07, 6.45) is 0. The van der Waals surface area contributed by atoms with Gasteiger partial charge in [-0.15, -0.1) is 0 Å². The van der Waals surface area contributed by atoms with Gasteiger partial charge < -0.3 is 0 Å². The lowest BCUT2D eigenvalue weighted by molar-refractivity contribution is 2.10. The van der Waals surface area contributed by atoms with Crippen molar-refractivity contribution in [3.05, 3.63) is 0 Å². The topological polar surface area (TPSA) is 0 Å². The van der Waals surface area contributed by atoms with E-state index in [1.54, 1.807) is 0 Å². The van der Waals surface area contributed by atoms with Crippen molar-refractivity contribution in [2.45, 2.75) is 13.6 Å². The Morgan fingerprint density at radius 1 is 1.60 bits per heavy atom. The maximum Gasteiger partial charge on any atom is 0.0892 e. The van der Waals surface area contributed by atoms with Gasteiger partial charge in [-0.2, -0.15) is 0 Å². The zero-order valence-corrected chi connectivity index (χ0v) is 4.28. The fraction of sp³-hybridized carbons (Fsp3) is 1.00. The fourth-order valence-electron chi connectivity index (χ4n) is 0. The van der Waals surface area contributed by atoms with Gasteiger partial charge in [0.25, 0.3) is 0 Å². The molecule has 0 aromatic carbocycles. The second-order valence-electron chi connectivity index (χ2n) is 1.80. The molecular weight excluding hydrogens is 56.5 g/mol. The summed E-state index contributed by atoms with van der Waals surface area (Å²) in [6.45, 7) is 5.33. The van der Waals surface area contributed by atoms with Crippen molar-refractivity contribution in [1.29, 1.82) is 0 Å². The lowest BCUT2D eigenvalue weighted by atomic mass is 9.16. The normalized spacial score (nSPS) is 6.80. The quantitative estimate of drug-likeness (QED) is 0.352. The van der Waals surface area contributed by atoms with E-state index in [1.807, 2.05) is 0 Å². The molecule has 0 aromatic heterocycles. The van der Waals surface area contributed by atoms with Crippen molar-refractivity contribution in [1.82, 2.24) is 0 Å². The van der Waals surface area contributed by atoms with Crippen LogP contribution in [0, 0.1) is 0 Å². The minimum Gasteiger partial charge on any atom is -0.0933 e. The summed E-state index contributed by atoms with van der Waals surface area (Å²) < 4.78 is 0. The zero-order chi connectivity index (χ0) is 4.28. The predicted octanol–water partition coefficient (Wildman–Crippen LogP) is -0.778. The highest BCUT2D eigenvalue weighted by Gasteiger charge is 1.88. The van der Waals surface area contributed by atoms with Gasteiger partial charge in [0, 0.05) is 0 Å². The van der Waals surface area contributed by atoms with Crippen LogP contribution in [0.4, 0.5) is 0 Å². The first-order chi connectivity index (χ1) is 2.27. The van der Waals surface area contributed by atoms with Crippen LogP contribution in [0.25, 0.3) is 0 Å². The maximum absolute atomic E-state index is 2.22. The standard InChI is InChI=1S/C2H9B3/c1-5(2)4-3/h4H,3H2,1-2H3. The molecule has 5 heavy (non-hydrogen) atoms. The Morgan fingerprint density at radius 2 is 1.80 bits per heavy atom. The predicted molar refractivity (Wildman–Crippen MR) is 33.2 cm³/mol. The molecule has 0 N–H and O–H groups in total. The monoisotopic (exact) mass is 66.1 g/mol. The third-order valence-electron chi connectivity index (χ3n) is 0.816. The largest absolute Gasteiger partial charge is 0.0933 e. The van der Waals surface area contributed by atoms with Crippen LogP contribution < -0.4 is 0 Å². The zero-order valence-electron chi connectivity index (χ0n) is 4.28. The minimum atomic E-state index is 0.884. The van der Waals surface area contributed by atoms with Gasteiger partial charge >= 0.3 is 0 Å². The first kappa shape index (κ1) is 5.19. The van der Waals surface area contributed by atoms with Crippen LogP contribution in [0.1, 0.15) is 0 Å². The Labute approximate surface area is 36.0 Å². The SMILES string of the molecule is BBB(C)C. The van der Waals surface area contributed by atoms with Crippen molar-refractivity contribution in [2.75, 3.05) is 0 Å². The van der Waals surface area contributed by atoms with Crippen LogP contribution in [0.2, 0.25) is 13.6 Å². The molecule has 0 atom stereocenters. The van der Waals surface area contributed by atoms with Crippen molar-refractivity contribution < 1.29 is 0 Å². The second kappa shape index (κ2) is 2.43.